The summed E-state index contributed by atoms with van der Waals surface area (Å²) in [6.07, 6.45) is -0.873. The number of phenols is 1. The molecule has 5 heteroatoms. The van der Waals surface area contributed by atoms with E-state index in [2.05, 4.69) is 4.98 Å². The molecule has 0 aliphatic heterocycles. The van der Waals surface area contributed by atoms with E-state index in [4.69, 9.17) is 10.2 Å². The van der Waals surface area contributed by atoms with E-state index in [0.717, 1.165) is 0 Å². The second-order valence-corrected chi connectivity index (χ2v) is 3.74. The van der Waals surface area contributed by atoms with Gasteiger partial charge in [0.25, 0.3) is 0 Å². The van der Waals surface area contributed by atoms with Crippen molar-refractivity contribution in [2.75, 3.05) is 6.54 Å². The molecule has 5 nitrogen and oxygen atoms in total. The third-order valence-corrected chi connectivity index (χ3v) is 2.49. The standard InChI is InChI=1S/C12H14N2O3/c1-7-11(10(16)6-13)17-12(14-7)8-4-2-3-5-9(8)15/h2-5,10,15-16H,6,13H2,1H3. The van der Waals surface area contributed by atoms with Crippen LogP contribution in [0.1, 0.15) is 17.6 Å². The van der Waals surface area contributed by atoms with Gasteiger partial charge in [0.2, 0.25) is 5.89 Å². The smallest absolute Gasteiger partial charge is 0.230 e. The largest absolute Gasteiger partial charge is 0.507 e. The second kappa shape index (κ2) is 4.57. The minimum absolute atomic E-state index is 0.0657. The average Bonchev–Trinajstić information content (AvgIpc) is 2.71. The maximum Gasteiger partial charge on any atom is 0.230 e. The van der Waals surface area contributed by atoms with Gasteiger partial charge in [0.05, 0.1) is 11.3 Å². The molecule has 1 unspecified atom stereocenters. The van der Waals surface area contributed by atoms with E-state index < -0.39 is 6.10 Å². The molecule has 0 saturated heterocycles. The van der Waals surface area contributed by atoms with Gasteiger partial charge in [0, 0.05) is 6.54 Å². The van der Waals surface area contributed by atoms with Crippen molar-refractivity contribution in [1.29, 1.82) is 0 Å². The van der Waals surface area contributed by atoms with Gasteiger partial charge in [0.1, 0.15) is 11.9 Å². The molecule has 90 valence electrons. The molecular weight excluding hydrogens is 220 g/mol. The predicted octanol–water partition coefficient (Wildman–Crippen LogP) is 1.35. The van der Waals surface area contributed by atoms with Crippen LogP contribution >= 0.6 is 0 Å². The zero-order valence-electron chi connectivity index (χ0n) is 9.42. The number of aliphatic hydroxyl groups is 1. The minimum atomic E-state index is -0.873. The number of oxazole rings is 1. The highest BCUT2D eigenvalue weighted by molar-refractivity contribution is 5.62. The Morgan fingerprint density at radius 2 is 2.12 bits per heavy atom. The third-order valence-electron chi connectivity index (χ3n) is 2.49. The highest BCUT2D eigenvalue weighted by atomic mass is 16.4. The summed E-state index contributed by atoms with van der Waals surface area (Å²) in [5, 5.41) is 19.3. The Morgan fingerprint density at radius 1 is 1.41 bits per heavy atom. The molecule has 1 aromatic carbocycles. The number of aliphatic hydroxyl groups excluding tert-OH is 1. The molecule has 0 aliphatic rings. The van der Waals surface area contributed by atoms with Crippen LogP contribution in [-0.4, -0.2) is 21.7 Å². The summed E-state index contributed by atoms with van der Waals surface area (Å²) >= 11 is 0. The van der Waals surface area contributed by atoms with Crippen LogP contribution < -0.4 is 5.73 Å². The van der Waals surface area contributed by atoms with E-state index in [1.165, 1.54) is 0 Å². The van der Waals surface area contributed by atoms with Gasteiger partial charge in [-0.2, -0.15) is 0 Å². The summed E-state index contributed by atoms with van der Waals surface area (Å²) in [6, 6.07) is 6.73. The number of nitrogens with two attached hydrogens (primary N) is 1. The van der Waals surface area contributed by atoms with Crippen molar-refractivity contribution in [3.8, 4) is 17.2 Å². The Bertz CT molecular complexity index is 522. The first-order chi connectivity index (χ1) is 8.13. The van der Waals surface area contributed by atoms with E-state index >= 15 is 0 Å². The van der Waals surface area contributed by atoms with E-state index in [-0.39, 0.29) is 18.2 Å². The van der Waals surface area contributed by atoms with Crippen LogP contribution in [-0.2, 0) is 0 Å². The Hall–Kier alpha value is -1.85. The average molecular weight is 234 g/mol. The molecule has 2 aromatic rings. The first-order valence-corrected chi connectivity index (χ1v) is 5.27. The number of para-hydroxylation sites is 1. The van der Waals surface area contributed by atoms with Crippen molar-refractivity contribution in [3.63, 3.8) is 0 Å². The molecule has 0 saturated carbocycles. The summed E-state index contributed by atoms with van der Waals surface area (Å²) in [7, 11) is 0. The summed E-state index contributed by atoms with van der Waals surface area (Å²) in [4.78, 5) is 4.17. The molecule has 2 rings (SSSR count). The van der Waals surface area contributed by atoms with Crippen molar-refractivity contribution in [2.45, 2.75) is 13.0 Å². The molecule has 1 heterocycles. The number of hydrogen-bond donors (Lipinski definition) is 3. The maximum atomic E-state index is 9.67. The first kappa shape index (κ1) is 11.6. The number of phenolic OH excluding ortho intramolecular Hbond substituents is 1. The van der Waals surface area contributed by atoms with E-state index in [1.807, 2.05) is 0 Å². The summed E-state index contributed by atoms with van der Waals surface area (Å²) in [6.45, 7) is 1.79. The number of rotatable bonds is 3. The maximum absolute atomic E-state index is 9.67. The number of aryl methyl sites for hydroxylation is 1. The van der Waals surface area contributed by atoms with Gasteiger partial charge in [-0.3, -0.25) is 0 Å². The Balaban J connectivity index is 2.45. The van der Waals surface area contributed by atoms with Crippen molar-refractivity contribution in [2.24, 2.45) is 5.73 Å². The summed E-state index contributed by atoms with van der Waals surface area (Å²) in [5.74, 6) is 0.705. The summed E-state index contributed by atoms with van der Waals surface area (Å²) in [5.41, 5.74) is 6.43. The number of benzene rings is 1. The minimum Gasteiger partial charge on any atom is -0.507 e. The molecule has 0 spiro atoms. The molecule has 0 aliphatic carbocycles. The van der Waals surface area contributed by atoms with Crippen molar-refractivity contribution in [1.82, 2.24) is 4.98 Å². The van der Waals surface area contributed by atoms with Crippen LogP contribution in [0.25, 0.3) is 11.5 Å². The number of nitrogens with zero attached hydrogens (tertiary/aromatic N) is 1. The van der Waals surface area contributed by atoms with Crippen molar-refractivity contribution < 1.29 is 14.6 Å². The molecule has 17 heavy (non-hydrogen) atoms. The van der Waals surface area contributed by atoms with E-state index in [1.54, 1.807) is 31.2 Å². The molecule has 1 aromatic heterocycles. The van der Waals surface area contributed by atoms with Gasteiger partial charge in [-0.25, -0.2) is 4.98 Å². The van der Waals surface area contributed by atoms with Crippen LogP contribution in [0.2, 0.25) is 0 Å². The van der Waals surface area contributed by atoms with Gasteiger partial charge in [-0.1, -0.05) is 12.1 Å². The number of hydrogen-bond acceptors (Lipinski definition) is 5. The quantitative estimate of drug-likeness (QED) is 0.745. The van der Waals surface area contributed by atoms with Crippen molar-refractivity contribution in [3.05, 3.63) is 35.7 Å². The fraction of sp³-hybridized carbons (Fsp3) is 0.250. The van der Waals surface area contributed by atoms with Crippen LogP contribution in [0.15, 0.2) is 28.7 Å². The van der Waals surface area contributed by atoms with Crippen LogP contribution in [0.5, 0.6) is 5.75 Å². The lowest BCUT2D eigenvalue weighted by Crippen LogP contribution is -2.11. The second-order valence-electron chi connectivity index (χ2n) is 3.74. The SMILES string of the molecule is Cc1nc(-c2ccccc2O)oc1C(O)CN. The Labute approximate surface area is 98.5 Å². The van der Waals surface area contributed by atoms with E-state index in [0.29, 0.717) is 17.0 Å². The lowest BCUT2D eigenvalue weighted by atomic mass is 10.2. The van der Waals surface area contributed by atoms with Gasteiger partial charge < -0.3 is 20.4 Å². The molecule has 1 atom stereocenters. The predicted molar refractivity (Wildman–Crippen MR) is 62.4 cm³/mol. The van der Waals surface area contributed by atoms with Crippen LogP contribution in [0, 0.1) is 6.92 Å². The fourth-order valence-corrected chi connectivity index (χ4v) is 1.59. The van der Waals surface area contributed by atoms with Crippen molar-refractivity contribution >= 4 is 0 Å². The number of aromatic hydroxyl groups is 1. The Kier molecular flexibility index (Phi) is 3.12. The van der Waals surface area contributed by atoms with Gasteiger partial charge in [-0.05, 0) is 19.1 Å². The normalized spacial score (nSPS) is 12.6. The highest BCUT2D eigenvalue weighted by Gasteiger charge is 2.18. The van der Waals surface area contributed by atoms with Crippen LogP contribution in [0.3, 0.4) is 0 Å². The molecule has 0 bridgehead atoms. The first-order valence-electron chi connectivity index (χ1n) is 5.27. The van der Waals surface area contributed by atoms with Crippen LogP contribution in [0.4, 0.5) is 0 Å². The van der Waals surface area contributed by atoms with Gasteiger partial charge >= 0.3 is 0 Å². The molecule has 4 N–H and O–H groups in total. The zero-order chi connectivity index (χ0) is 12.4. The topological polar surface area (TPSA) is 92.5 Å². The Morgan fingerprint density at radius 3 is 2.76 bits per heavy atom. The zero-order valence-corrected chi connectivity index (χ0v) is 9.42. The van der Waals surface area contributed by atoms with Gasteiger partial charge in [0.15, 0.2) is 5.76 Å². The fourth-order valence-electron chi connectivity index (χ4n) is 1.59. The third kappa shape index (κ3) is 2.15. The molecular formula is C12H14N2O3. The monoisotopic (exact) mass is 234 g/mol. The lowest BCUT2D eigenvalue weighted by Gasteiger charge is -2.03. The molecule has 0 fully saturated rings. The van der Waals surface area contributed by atoms with Gasteiger partial charge in [-0.15, -0.1) is 0 Å². The summed E-state index contributed by atoms with van der Waals surface area (Å²) < 4.78 is 5.43. The molecule has 0 amide bonds. The molecule has 0 radical (unpaired) electrons. The lowest BCUT2D eigenvalue weighted by molar-refractivity contribution is 0.158. The van der Waals surface area contributed by atoms with E-state index in [9.17, 15) is 10.2 Å². The number of aromatic nitrogens is 1. The highest BCUT2D eigenvalue weighted by Crippen LogP contribution is 2.30.